The molecule has 6 nitrogen and oxygen atoms in total. The zero-order chi connectivity index (χ0) is 23.5. The summed E-state index contributed by atoms with van der Waals surface area (Å²) in [6.45, 7) is 12.4. The average Bonchev–Trinajstić information content (AvgIpc) is 2.75. The van der Waals surface area contributed by atoms with Crippen molar-refractivity contribution in [2.75, 3.05) is 30.0 Å². The maximum atomic E-state index is 13.2. The molecule has 2 aromatic rings. The molecule has 6 heteroatoms. The van der Waals surface area contributed by atoms with Crippen LogP contribution in [0.3, 0.4) is 0 Å². The molecule has 0 atom stereocenters. The molecule has 0 bridgehead atoms. The van der Waals surface area contributed by atoms with Crippen molar-refractivity contribution >= 4 is 23.4 Å². The van der Waals surface area contributed by atoms with E-state index in [4.69, 9.17) is 9.84 Å². The molecular formula is C26H34N2O4. The number of benzene rings is 2. The number of nitrogens with one attached hydrogen (secondary N) is 1. The molecule has 0 fully saturated rings. The summed E-state index contributed by atoms with van der Waals surface area (Å²) >= 11 is 0. The van der Waals surface area contributed by atoms with E-state index < -0.39 is 5.97 Å². The Bertz CT molecular complexity index is 980. The lowest BCUT2D eigenvalue weighted by atomic mass is 9.63. The first kappa shape index (κ1) is 23.8. The highest BCUT2D eigenvalue weighted by molar-refractivity contribution is 6.02. The van der Waals surface area contributed by atoms with Crippen molar-refractivity contribution in [2.24, 2.45) is 0 Å². The molecule has 0 spiro atoms. The number of amides is 2. The number of carboxylic acids is 1. The van der Waals surface area contributed by atoms with Crippen LogP contribution in [0.5, 0.6) is 0 Å². The molecule has 0 heterocycles. The van der Waals surface area contributed by atoms with Crippen LogP contribution in [-0.4, -0.2) is 36.9 Å². The number of carbonyl (C=O) groups excluding carboxylic acids is 1. The molecule has 0 radical (unpaired) electrons. The molecule has 1 aliphatic rings. The van der Waals surface area contributed by atoms with Crippen LogP contribution >= 0.6 is 0 Å². The molecule has 32 heavy (non-hydrogen) atoms. The topological polar surface area (TPSA) is 78.9 Å². The number of fused-ring (bicyclic) bond motifs is 1. The molecule has 172 valence electrons. The lowest BCUT2D eigenvalue weighted by Crippen LogP contribution is -2.39. The van der Waals surface area contributed by atoms with Crippen molar-refractivity contribution in [1.82, 2.24) is 0 Å². The van der Waals surface area contributed by atoms with E-state index in [0.717, 1.165) is 18.5 Å². The predicted octanol–water partition coefficient (Wildman–Crippen LogP) is 5.81. The first-order valence-corrected chi connectivity index (χ1v) is 11.2. The van der Waals surface area contributed by atoms with Gasteiger partial charge in [0.05, 0.1) is 18.7 Å². The largest absolute Gasteiger partial charge is 0.478 e. The monoisotopic (exact) mass is 438 g/mol. The van der Waals surface area contributed by atoms with Gasteiger partial charge in [0.1, 0.15) is 0 Å². The highest BCUT2D eigenvalue weighted by Gasteiger charge is 2.37. The molecule has 0 saturated heterocycles. The highest BCUT2D eigenvalue weighted by Crippen LogP contribution is 2.46. The van der Waals surface area contributed by atoms with Crippen molar-refractivity contribution in [2.45, 2.75) is 58.3 Å². The maximum Gasteiger partial charge on any atom is 0.335 e. The van der Waals surface area contributed by atoms with Gasteiger partial charge in [0.2, 0.25) is 0 Å². The third-order valence-electron chi connectivity index (χ3n) is 6.44. The van der Waals surface area contributed by atoms with Gasteiger partial charge in [-0.05, 0) is 78.1 Å². The fourth-order valence-corrected chi connectivity index (χ4v) is 4.28. The van der Waals surface area contributed by atoms with Crippen LogP contribution in [0.1, 0.15) is 68.9 Å². The van der Waals surface area contributed by atoms with Crippen LogP contribution in [0.25, 0.3) is 0 Å². The number of hydrogen-bond donors (Lipinski definition) is 2. The third kappa shape index (κ3) is 5.13. The molecule has 2 N–H and O–H groups in total. The molecule has 0 unspecified atom stereocenters. The van der Waals surface area contributed by atoms with Crippen molar-refractivity contribution < 1.29 is 19.4 Å². The minimum absolute atomic E-state index is 0.0373. The SMILES string of the molecule is CCOCCN(C(=O)Nc1ccc(C(=O)O)cc1)c1ccc2c(c1)C(C)(C)CCC2(C)C. The third-order valence-corrected chi connectivity index (χ3v) is 6.44. The second-order valence-corrected chi connectivity index (χ2v) is 9.66. The number of carbonyl (C=O) groups is 2. The molecule has 1 aliphatic carbocycles. The van der Waals surface area contributed by atoms with Gasteiger partial charge >= 0.3 is 12.0 Å². The van der Waals surface area contributed by atoms with Gasteiger partial charge < -0.3 is 15.2 Å². The molecule has 0 saturated carbocycles. The fraction of sp³-hybridized carbons (Fsp3) is 0.462. The highest BCUT2D eigenvalue weighted by atomic mass is 16.5. The fourth-order valence-electron chi connectivity index (χ4n) is 4.28. The number of ether oxygens (including phenoxy) is 1. The zero-order valence-electron chi connectivity index (χ0n) is 19.7. The van der Waals surface area contributed by atoms with Gasteiger partial charge in [-0.25, -0.2) is 9.59 Å². The van der Waals surface area contributed by atoms with Gasteiger partial charge in [0.25, 0.3) is 0 Å². The Morgan fingerprint density at radius 1 is 1.00 bits per heavy atom. The van der Waals surface area contributed by atoms with Crippen molar-refractivity contribution in [1.29, 1.82) is 0 Å². The molecular weight excluding hydrogens is 404 g/mol. The number of hydrogen-bond acceptors (Lipinski definition) is 3. The summed E-state index contributed by atoms with van der Waals surface area (Å²) in [4.78, 5) is 26.0. The van der Waals surface area contributed by atoms with Crippen LogP contribution < -0.4 is 10.2 Å². The van der Waals surface area contributed by atoms with E-state index in [9.17, 15) is 9.59 Å². The van der Waals surface area contributed by atoms with E-state index in [1.165, 1.54) is 23.3 Å². The number of carboxylic acid groups (broad SMARTS) is 1. The van der Waals surface area contributed by atoms with Gasteiger partial charge in [-0.15, -0.1) is 0 Å². The minimum atomic E-state index is -0.999. The van der Waals surface area contributed by atoms with E-state index in [1.54, 1.807) is 17.0 Å². The Labute approximate surface area is 190 Å². The van der Waals surface area contributed by atoms with Gasteiger partial charge in [0.15, 0.2) is 0 Å². The van der Waals surface area contributed by atoms with Gasteiger partial charge in [-0.1, -0.05) is 33.8 Å². The van der Waals surface area contributed by atoms with E-state index in [1.807, 2.05) is 13.0 Å². The van der Waals surface area contributed by atoms with Crippen LogP contribution in [0.2, 0.25) is 0 Å². The van der Waals surface area contributed by atoms with Crippen LogP contribution in [-0.2, 0) is 15.6 Å². The normalized spacial score (nSPS) is 16.2. The Morgan fingerprint density at radius 2 is 1.62 bits per heavy atom. The van der Waals surface area contributed by atoms with Crippen LogP contribution in [0.4, 0.5) is 16.2 Å². The van der Waals surface area contributed by atoms with Gasteiger partial charge in [0, 0.05) is 18.0 Å². The summed E-state index contributed by atoms with van der Waals surface area (Å²) in [5.41, 5.74) is 4.31. The minimum Gasteiger partial charge on any atom is -0.478 e. The van der Waals surface area contributed by atoms with Crippen LogP contribution in [0, 0.1) is 0 Å². The van der Waals surface area contributed by atoms with Crippen molar-refractivity contribution in [3.8, 4) is 0 Å². The summed E-state index contributed by atoms with van der Waals surface area (Å²) in [7, 11) is 0. The maximum absolute atomic E-state index is 13.2. The Morgan fingerprint density at radius 3 is 2.22 bits per heavy atom. The van der Waals surface area contributed by atoms with Gasteiger partial charge in [-0.3, -0.25) is 4.90 Å². The lowest BCUT2D eigenvalue weighted by molar-refractivity contribution is 0.0697. The summed E-state index contributed by atoms with van der Waals surface area (Å²) < 4.78 is 5.53. The number of rotatable bonds is 7. The van der Waals surface area contributed by atoms with E-state index in [-0.39, 0.29) is 22.4 Å². The molecule has 2 aromatic carbocycles. The predicted molar refractivity (Wildman–Crippen MR) is 128 cm³/mol. The van der Waals surface area contributed by atoms with E-state index in [0.29, 0.717) is 25.4 Å². The smallest absolute Gasteiger partial charge is 0.335 e. The summed E-state index contributed by atoms with van der Waals surface area (Å²) in [6.07, 6.45) is 2.23. The van der Waals surface area contributed by atoms with E-state index in [2.05, 4.69) is 45.1 Å². The number of nitrogens with zero attached hydrogens (tertiary/aromatic N) is 1. The lowest BCUT2D eigenvalue weighted by Gasteiger charge is -2.42. The average molecular weight is 439 g/mol. The first-order valence-electron chi connectivity index (χ1n) is 11.2. The Kier molecular flexibility index (Phi) is 6.94. The van der Waals surface area contributed by atoms with Crippen molar-refractivity contribution in [3.63, 3.8) is 0 Å². The Balaban J connectivity index is 1.91. The number of urea groups is 1. The summed E-state index contributed by atoms with van der Waals surface area (Å²) in [6, 6.07) is 12.2. The second-order valence-electron chi connectivity index (χ2n) is 9.66. The van der Waals surface area contributed by atoms with E-state index >= 15 is 0 Å². The van der Waals surface area contributed by atoms with Crippen LogP contribution in [0.15, 0.2) is 42.5 Å². The summed E-state index contributed by atoms with van der Waals surface area (Å²) in [5.74, 6) is -0.999. The number of aromatic carboxylic acids is 1. The standard InChI is InChI=1S/C26H34N2O4/c1-6-32-16-15-28(24(31)27-19-9-7-18(8-10-19)23(29)30)20-11-12-21-22(17-20)26(4,5)14-13-25(21,2)3/h7-12,17H,6,13-16H2,1-5H3,(H,27,31)(H,29,30). The Hall–Kier alpha value is -2.86. The molecule has 0 aliphatic heterocycles. The molecule has 2 amide bonds. The zero-order valence-corrected chi connectivity index (χ0v) is 19.7. The first-order chi connectivity index (χ1) is 15.0. The molecule has 0 aromatic heterocycles. The summed E-state index contributed by atoms with van der Waals surface area (Å²) in [5, 5.41) is 12.0. The quantitative estimate of drug-likeness (QED) is 0.535. The molecule has 3 rings (SSSR count). The number of anilines is 2. The second kappa shape index (κ2) is 9.33. The van der Waals surface area contributed by atoms with Gasteiger partial charge in [-0.2, -0.15) is 0 Å². The van der Waals surface area contributed by atoms with Crippen molar-refractivity contribution in [3.05, 3.63) is 59.2 Å².